The molecule has 140 valence electrons. The molecule has 1 aromatic rings. The van der Waals surface area contributed by atoms with E-state index in [0.717, 1.165) is 32.5 Å². The van der Waals surface area contributed by atoms with Crippen molar-refractivity contribution in [2.75, 3.05) is 43.3 Å². The monoisotopic (exact) mass is 387 g/mol. The van der Waals surface area contributed by atoms with Crippen molar-refractivity contribution in [3.63, 3.8) is 0 Å². The number of rotatable bonds is 4. The van der Waals surface area contributed by atoms with Gasteiger partial charge in [0, 0.05) is 25.2 Å². The fourth-order valence-electron chi connectivity index (χ4n) is 3.54. The Morgan fingerprint density at radius 1 is 1.24 bits per heavy atom. The van der Waals surface area contributed by atoms with Crippen LogP contribution in [0.1, 0.15) is 29.6 Å². The van der Waals surface area contributed by atoms with Gasteiger partial charge in [-0.25, -0.2) is 8.42 Å². The minimum Gasteiger partial charge on any atom is -0.339 e. The van der Waals surface area contributed by atoms with Crippen LogP contribution in [0.15, 0.2) is 24.3 Å². The van der Waals surface area contributed by atoms with E-state index in [4.69, 9.17) is 0 Å². The third kappa shape index (κ3) is 4.46. The standard InChI is InChI=1S/C17H25N3O3S.ClH/c1-18-13-14-6-9-19(10-7-14)17(21)15-4-2-5-16(12-15)20-8-3-11-24(20,22)23;/h2,4-5,12,14,18H,3,6-11,13H2,1H3;1H. The maximum absolute atomic E-state index is 12.7. The lowest BCUT2D eigenvalue weighted by Crippen LogP contribution is -2.40. The summed E-state index contributed by atoms with van der Waals surface area (Å²) in [4.78, 5) is 14.6. The topological polar surface area (TPSA) is 69.7 Å². The Kier molecular flexibility index (Phi) is 6.71. The number of amides is 1. The number of hydrogen-bond donors (Lipinski definition) is 1. The van der Waals surface area contributed by atoms with Crippen molar-refractivity contribution in [2.24, 2.45) is 5.92 Å². The molecule has 0 spiro atoms. The Morgan fingerprint density at radius 2 is 1.96 bits per heavy atom. The first-order valence-electron chi connectivity index (χ1n) is 8.55. The van der Waals surface area contributed by atoms with Gasteiger partial charge in [-0.2, -0.15) is 0 Å². The number of halogens is 1. The molecule has 2 aliphatic rings. The van der Waals surface area contributed by atoms with Gasteiger partial charge in [0.1, 0.15) is 0 Å². The number of carbonyl (C=O) groups is 1. The third-order valence-corrected chi connectivity index (χ3v) is 6.74. The molecule has 0 saturated carbocycles. The molecule has 1 amide bonds. The minimum atomic E-state index is -3.22. The molecule has 3 rings (SSSR count). The fraction of sp³-hybridized carbons (Fsp3) is 0.588. The maximum atomic E-state index is 12.7. The second-order valence-corrected chi connectivity index (χ2v) is 8.60. The Bertz CT molecular complexity index is 703. The molecule has 0 aliphatic carbocycles. The number of likely N-dealkylation sites (tertiary alicyclic amines) is 1. The molecule has 0 radical (unpaired) electrons. The van der Waals surface area contributed by atoms with Crippen LogP contribution in [0.5, 0.6) is 0 Å². The van der Waals surface area contributed by atoms with Crippen molar-refractivity contribution in [1.82, 2.24) is 10.2 Å². The highest BCUT2D eigenvalue weighted by Crippen LogP contribution is 2.26. The molecule has 2 saturated heterocycles. The van der Waals surface area contributed by atoms with Crippen LogP contribution in [0.4, 0.5) is 5.69 Å². The Hall–Kier alpha value is -1.31. The smallest absolute Gasteiger partial charge is 0.253 e. The van der Waals surface area contributed by atoms with Gasteiger partial charge in [0.25, 0.3) is 5.91 Å². The van der Waals surface area contributed by atoms with Gasteiger partial charge in [-0.05, 0) is 57.0 Å². The quantitative estimate of drug-likeness (QED) is 0.854. The molecule has 1 N–H and O–H groups in total. The number of benzene rings is 1. The molecule has 1 aromatic carbocycles. The number of carbonyl (C=O) groups excluding carboxylic acids is 1. The van der Waals surface area contributed by atoms with Crippen LogP contribution in [0.25, 0.3) is 0 Å². The van der Waals surface area contributed by atoms with E-state index in [1.807, 2.05) is 11.9 Å². The summed E-state index contributed by atoms with van der Waals surface area (Å²) in [6.07, 6.45) is 2.65. The maximum Gasteiger partial charge on any atom is 0.253 e. The molecule has 0 aromatic heterocycles. The van der Waals surface area contributed by atoms with Gasteiger partial charge in [0.05, 0.1) is 11.4 Å². The summed E-state index contributed by atoms with van der Waals surface area (Å²) in [5.74, 6) is 0.806. The highest BCUT2D eigenvalue weighted by molar-refractivity contribution is 7.93. The predicted molar refractivity (Wildman–Crippen MR) is 102 cm³/mol. The Labute approximate surface area is 156 Å². The van der Waals surface area contributed by atoms with E-state index in [2.05, 4.69) is 5.32 Å². The van der Waals surface area contributed by atoms with Gasteiger partial charge in [0.15, 0.2) is 0 Å². The van der Waals surface area contributed by atoms with Crippen LogP contribution in [0.2, 0.25) is 0 Å². The molecule has 0 atom stereocenters. The summed E-state index contributed by atoms with van der Waals surface area (Å²) < 4.78 is 25.6. The largest absolute Gasteiger partial charge is 0.339 e. The average Bonchev–Trinajstić information content (AvgIpc) is 2.94. The van der Waals surface area contributed by atoms with Gasteiger partial charge in [-0.3, -0.25) is 9.10 Å². The second-order valence-electron chi connectivity index (χ2n) is 6.59. The first-order chi connectivity index (χ1) is 11.5. The van der Waals surface area contributed by atoms with Crippen molar-refractivity contribution < 1.29 is 13.2 Å². The lowest BCUT2D eigenvalue weighted by Gasteiger charge is -2.32. The lowest BCUT2D eigenvalue weighted by atomic mass is 9.96. The molecule has 2 fully saturated rings. The molecule has 8 heteroatoms. The van der Waals surface area contributed by atoms with E-state index in [-0.39, 0.29) is 24.1 Å². The predicted octanol–water partition coefficient (Wildman–Crippen LogP) is 1.72. The van der Waals surface area contributed by atoms with Gasteiger partial charge in [-0.15, -0.1) is 12.4 Å². The first-order valence-corrected chi connectivity index (χ1v) is 10.2. The van der Waals surface area contributed by atoms with E-state index in [0.29, 0.717) is 30.1 Å². The highest BCUT2D eigenvalue weighted by atomic mass is 35.5. The van der Waals surface area contributed by atoms with Crippen LogP contribution in [0, 0.1) is 5.92 Å². The van der Waals surface area contributed by atoms with Crippen molar-refractivity contribution in [2.45, 2.75) is 19.3 Å². The fourth-order valence-corrected chi connectivity index (χ4v) is 5.09. The van der Waals surface area contributed by atoms with Gasteiger partial charge < -0.3 is 10.2 Å². The average molecular weight is 388 g/mol. The molecule has 25 heavy (non-hydrogen) atoms. The summed E-state index contributed by atoms with van der Waals surface area (Å²) in [6.45, 7) is 3.01. The summed E-state index contributed by atoms with van der Waals surface area (Å²) >= 11 is 0. The SMILES string of the molecule is CNCC1CCN(C(=O)c2cccc(N3CCCS3(=O)=O)c2)CC1.Cl. The second kappa shape index (κ2) is 8.38. The Morgan fingerprint density at radius 3 is 2.56 bits per heavy atom. The lowest BCUT2D eigenvalue weighted by molar-refractivity contribution is 0.0691. The zero-order valence-corrected chi connectivity index (χ0v) is 16.1. The van der Waals surface area contributed by atoms with Gasteiger partial charge >= 0.3 is 0 Å². The summed E-state index contributed by atoms with van der Waals surface area (Å²) in [7, 11) is -1.27. The van der Waals surface area contributed by atoms with Gasteiger partial charge in [0.2, 0.25) is 10.0 Å². The zero-order chi connectivity index (χ0) is 17.2. The van der Waals surface area contributed by atoms with Crippen molar-refractivity contribution in [1.29, 1.82) is 0 Å². The molecule has 2 aliphatic heterocycles. The molecular weight excluding hydrogens is 362 g/mol. The zero-order valence-electron chi connectivity index (χ0n) is 14.5. The van der Waals surface area contributed by atoms with Crippen LogP contribution in [-0.4, -0.2) is 58.2 Å². The number of hydrogen-bond acceptors (Lipinski definition) is 4. The van der Waals surface area contributed by atoms with E-state index in [1.54, 1.807) is 24.3 Å². The Balaban J connectivity index is 0.00000225. The molecule has 2 heterocycles. The van der Waals surface area contributed by atoms with Crippen LogP contribution < -0.4 is 9.62 Å². The number of piperidine rings is 1. The number of nitrogens with one attached hydrogen (secondary N) is 1. The third-order valence-electron chi connectivity index (χ3n) is 4.87. The highest BCUT2D eigenvalue weighted by Gasteiger charge is 2.29. The molecule has 6 nitrogen and oxygen atoms in total. The van der Waals surface area contributed by atoms with E-state index in [9.17, 15) is 13.2 Å². The van der Waals surface area contributed by atoms with Crippen molar-refractivity contribution >= 4 is 34.0 Å². The summed E-state index contributed by atoms with van der Waals surface area (Å²) in [5, 5.41) is 3.19. The normalized spacial score (nSPS) is 20.4. The van der Waals surface area contributed by atoms with Crippen molar-refractivity contribution in [3.8, 4) is 0 Å². The van der Waals surface area contributed by atoms with Crippen LogP contribution in [-0.2, 0) is 10.0 Å². The number of anilines is 1. The van der Waals surface area contributed by atoms with Crippen LogP contribution >= 0.6 is 12.4 Å². The van der Waals surface area contributed by atoms with E-state index in [1.165, 1.54) is 4.31 Å². The molecule has 0 bridgehead atoms. The number of nitrogens with zero attached hydrogens (tertiary/aromatic N) is 2. The summed E-state index contributed by atoms with van der Waals surface area (Å²) in [6, 6.07) is 7.02. The molecule has 0 unspecified atom stereocenters. The molecular formula is C17H26ClN3O3S. The van der Waals surface area contributed by atoms with E-state index < -0.39 is 10.0 Å². The van der Waals surface area contributed by atoms with Crippen molar-refractivity contribution in [3.05, 3.63) is 29.8 Å². The van der Waals surface area contributed by atoms with Crippen LogP contribution in [0.3, 0.4) is 0 Å². The van der Waals surface area contributed by atoms with Gasteiger partial charge in [-0.1, -0.05) is 6.07 Å². The summed E-state index contributed by atoms with van der Waals surface area (Å²) in [5.41, 5.74) is 1.17. The minimum absolute atomic E-state index is 0. The first kappa shape index (κ1) is 20.0. The number of sulfonamides is 1. The van der Waals surface area contributed by atoms with E-state index >= 15 is 0 Å².